The molecule has 0 N–H and O–H groups in total. The monoisotopic (exact) mass is 265 g/mol. The van der Waals surface area contributed by atoms with Gasteiger partial charge < -0.3 is 4.90 Å². The van der Waals surface area contributed by atoms with Gasteiger partial charge in [0.15, 0.2) is 0 Å². The summed E-state index contributed by atoms with van der Waals surface area (Å²) in [6.45, 7) is 4.43. The van der Waals surface area contributed by atoms with Crippen LogP contribution in [0.4, 0.5) is 0 Å². The molecule has 2 saturated heterocycles. The Bertz CT molecular complexity index is 382. The van der Waals surface area contributed by atoms with E-state index in [1.807, 2.05) is 0 Å². The van der Waals surface area contributed by atoms with Gasteiger partial charge in [0.2, 0.25) is 11.8 Å². The van der Waals surface area contributed by atoms with Crippen molar-refractivity contribution in [3.8, 4) is 0 Å². The Morgan fingerprint density at radius 1 is 1.05 bits per heavy atom. The van der Waals surface area contributed by atoms with Gasteiger partial charge in [0, 0.05) is 32.6 Å². The minimum Gasteiger partial charge on any atom is -0.304 e. The van der Waals surface area contributed by atoms with Gasteiger partial charge in [0.05, 0.1) is 12.1 Å². The van der Waals surface area contributed by atoms with E-state index in [9.17, 15) is 9.59 Å². The fraction of sp³-hybridized carbons (Fsp3) is 0.857. The number of carbonyl (C=O) groups is 2. The van der Waals surface area contributed by atoms with Crippen LogP contribution < -0.4 is 0 Å². The molecule has 0 aromatic rings. The van der Waals surface area contributed by atoms with E-state index in [0.717, 1.165) is 51.9 Å². The SMILES string of the molecule is CN1CCN(CN2C(=O)CC3(CCCC3)C2=O)CC1. The molecule has 5 heteroatoms. The van der Waals surface area contributed by atoms with Gasteiger partial charge in [-0.15, -0.1) is 0 Å². The molecule has 0 radical (unpaired) electrons. The molecule has 2 amide bonds. The van der Waals surface area contributed by atoms with E-state index < -0.39 is 0 Å². The Morgan fingerprint density at radius 3 is 2.32 bits per heavy atom. The predicted octanol–water partition coefficient (Wildman–Crippen LogP) is 0.511. The summed E-state index contributed by atoms with van der Waals surface area (Å²) in [5, 5.41) is 0. The van der Waals surface area contributed by atoms with Gasteiger partial charge in [0.1, 0.15) is 0 Å². The van der Waals surface area contributed by atoms with Crippen molar-refractivity contribution >= 4 is 11.8 Å². The molecule has 0 bridgehead atoms. The molecule has 1 saturated carbocycles. The Labute approximate surface area is 114 Å². The van der Waals surface area contributed by atoms with Gasteiger partial charge in [-0.05, 0) is 19.9 Å². The summed E-state index contributed by atoms with van der Waals surface area (Å²) >= 11 is 0. The summed E-state index contributed by atoms with van der Waals surface area (Å²) in [7, 11) is 2.11. The zero-order valence-electron chi connectivity index (χ0n) is 11.7. The van der Waals surface area contributed by atoms with Crippen LogP contribution in [0.1, 0.15) is 32.1 Å². The quantitative estimate of drug-likeness (QED) is 0.682. The standard InChI is InChI=1S/C14H23N3O2/c1-15-6-8-16(9-7-15)11-17-12(18)10-14(13(17)19)4-2-3-5-14/h2-11H2,1H3. The molecule has 2 heterocycles. The molecule has 3 rings (SSSR count). The number of nitrogens with zero attached hydrogens (tertiary/aromatic N) is 3. The first-order chi connectivity index (χ1) is 9.11. The van der Waals surface area contributed by atoms with Crippen LogP contribution in [0.15, 0.2) is 0 Å². The van der Waals surface area contributed by atoms with E-state index in [4.69, 9.17) is 0 Å². The number of rotatable bonds is 2. The van der Waals surface area contributed by atoms with Crippen LogP contribution >= 0.6 is 0 Å². The fourth-order valence-electron chi connectivity index (χ4n) is 3.63. The highest BCUT2D eigenvalue weighted by Gasteiger charge is 2.52. The number of hydrogen-bond acceptors (Lipinski definition) is 4. The maximum absolute atomic E-state index is 12.5. The van der Waals surface area contributed by atoms with Crippen LogP contribution in [0.5, 0.6) is 0 Å². The third-order valence-corrected chi connectivity index (χ3v) is 4.99. The zero-order valence-corrected chi connectivity index (χ0v) is 11.7. The van der Waals surface area contributed by atoms with E-state index in [0.29, 0.717) is 13.1 Å². The number of carbonyl (C=O) groups excluding carboxylic acids is 2. The molecule has 0 aromatic carbocycles. The Balaban J connectivity index is 1.65. The van der Waals surface area contributed by atoms with Gasteiger partial charge in [-0.25, -0.2) is 0 Å². The Kier molecular flexibility index (Phi) is 3.35. The highest BCUT2D eigenvalue weighted by Crippen LogP contribution is 2.46. The highest BCUT2D eigenvalue weighted by atomic mass is 16.2. The number of imide groups is 1. The molecular formula is C14H23N3O2. The van der Waals surface area contributed by atoms with E-state index in [-0.39, 0.29) is 17.2 Å². The van der Waals surface area contributed by atoms with Crippen molar-refractivity contribution in [2.24, 2.45) is 5.41 Å². The number of likely N-dealkylation sites (N-methyl/N-ethyl adjacent to an activating group) is 1. The second kappa shape index (κ2) is 4.87. The Hall–Kier alpha value is -0.940. The first-order valence-electron chi connectivity index (χ1n) is 7.36. The molecule has 5 nitrogen and oxygen atoms in total. The Morgan fingerprint density at radius 2 is 1.68 bits per heavy atom. The molecule has 0 aromatic heterocycles. The average molecular weight is 265 g/mol. The van der Waals surface area contributed by atoms with Crippen LogP contribution in [0.25, 0.3) is 0 Å². The topological polar surface area (TPSA) is 43.9 Å². The van der Waals surface area contributed by atoms with E-state index in [1.54, 1.807) is 0 Å². The largest absolute Gasteiger partial charge is 0.304 e. The lowest BCUT2D eigenvalue weighted by Gasteiger charge is -2.34. The highest BCUT2D eigenvalue weighted by molar-refractivity contribution is 6.06. The van der Waals surface area contributed by atoms with Gasteiger partial charge in [0.25, 0.3) is 0 Å². The lowest BCUT2D eigenvalue weighted by molar-refractivity contribution is -0.144. The van der Waals surface area contributed by atoms with E-state index in [2.05, 4.69) is 16.8 Å². The van der Waals surface area contributed by atoms with Crippen molar-refractivity contribution in [3.05, 3.63) is 0 Å². The van der Waals surface area contributed by atoms with E-state index >= 15 is 0 Å². The molecular weight excluding hydrogens is 242 g/mol. The summed E-state index contributed by atoms with van der Waals surface area (Å²) in [5.41, 5.74) is -0.316. The van der Waals surface area contributed by atoms with Crippen LogP contribution in [-0.2, 0) is 9.59 Å². The molecule has 3 fully saturated rings. The van der Waals surface area contributed by atoms with Crippen molar-refractivity contribution in [2.45, 2.75) is 32.1 Å². The van der Waals surface area contributed by atoms with E-state index in [1.165, 1.54) is 4.90 Å². The summed E-state index contributed by atoms with van der Waals surface area (Å²) in [6.07, 6.45) is 4.48. The predicted molar refractivity (Wildman–Crippen MR) is 71.3 cm³/mol. The molecule has 3 aliphatic rings. The van der Waals surface area contributed by atoms with Gasteiger partial charge in [-0.2, -0.15) is 0 Å². The maximum Gasteiger partial charge on any atom is 0.237 e. The average Bonchev–Trinajstić information content (AvgIpc) is 2.94. The van der Waals surface area contributed by atoms with Crippen LogP contribution in [0.2, 0.25) is 0 Å². The maximum atomic E-state index is 12.5. The first-order valence-corrected chi connectivity index (χ1v) is 7.36. The lowest BCUT2D eigenvalue weighted by atomic mass is 9.85. The molecule has 2 aliphatic heterocycles. The number of likely N-dealkylation sites (tertiary alicyclic amines) is 1. The summed E-state index contributed by atoms with van der Waals surface area (Å²) in [4.78, 5) is 30.7. The smallest absolute Gasteiger partial charge is 0.237 e. The second-order valence-corrected chi connectivity index (χ2v) is 6.35. The zero-order chi connectivity index (χ0) is 13.5. The normalized spacial score (nSPS) is 28.8. The summed E-state index contributed by atoms with van der Waals surface area (Å²) < 4.78 is 0. The van der Waals surface area contributed by atoms with Crippen LogP contribution in [-0.4, -0.2) is 66.4 Å². The number of piperazine rings is 1. The minimum absolute atomic E-state index is 0.0471. The van der Waals surface area contributed by atoms with Crippen molar-refractivity contribution in [2.75, 3.05) is 39.9 Å². The van der Waals surface area contributed by atoms with Crippen LogP contribution in [0.3, 0.4) is 0 Å². The van der Waals surface area contributed by atoms with Crippen molar-refractivity contribution in [3.63, 3.8) is 0 Å². The molecule has 1 spiro atoms. The molecule has 0 atom stereocenters. The summed E-state index contributed by atoms with van der Waals surface area (Å²) in [6, 6.07) is 0. The molecule has 0 unspecified atom stereocenters. The molecule has 106 valence electrons. The lowest BCUT2D eigenvalue weighted by Crippen LogP contribution is -2.50. The van der Waals surface area contributed by atoms with Crippen molar-refractivity contribution in [1.29, 1.82) is 0 Å². The summed E-state index contributed by atoms with van der Waals surface area (Å²) in [5.74, 6) is 0.153. The van der Waals surface area contributed by atoms with Crippen molar-refractivity contribution in [1.82, 2.24) is 14.7 Å². The van der Waals surface area contributed by atoms with Gasteiger partial charge in [-0.1, -0.05) is 12.8 Å². The third-order valence-electron chi connectivity index (χ3n) is 4.99. The molecule has 1 aliphatic carbocycles. The van der Waals surface area contributed by atoms with Gasteiger partial charge in [-0.3, -0.25) is 19.4 Å². The second-order valence-electron chi connectivity index (χ2n) is 6.35. The van der Waals surface area contributed by atoms with Crippen LogP contribution in [0, 0.1) is 5.41 Å². The number of amides is 2. The minimum atomic E-state index is -0.316. The number of hydrogen-bond donors (Lipinski definition) is 0. The first kappa shape index (κ1) is 13.1. The third kappa shape index (κ3) is 2.30. The fourth-order valence-corrected chi connectivity index (χ4v) is 3.63. The molecule has 19 heavy (non-hydrogen) atoms. The van der Waals surface area contributed by atoms with Crippen molar-refractivity contribution < 1.29 is 9.59 Å². The van der Waals surface area contributed by atoms with Gasteiger partial charge >= 0.3 is 0 Å².